The lowest BCUT2D eigenvalue weighted by Crippen LogP contribution is -2.29. The van der Waals surface area contributed by atoms with Crippen molar-refractivity contribution in [2.45, 2.75) is 26.8 Å². The van der Waals surface area contributed by atoms with E-state index in [1.807, 2.05) is 0 Å². The topological polar surface area (TPSA) is 97.1 Å². The summed E-state index contributed by atoms with van der Waals surface area (Å²) in [4.78, 5) is 27.6. The Morgan fingerprint density at radius 1 is 1.03 bits per heavy atom. The van der Waals surface area contributed by atoms with Gasteiger partial charge in [0.2, 0.25) is 5.91 Å². The van der Waals surface area contributed by atoms with Crippen LogP contribution in [0.2, 0.25) is 0 Å². The van der Waals surface area contributed by atoms with Crippen LogP contribution in [0.3, 0.4) is 0 Å². The van der Waals surface area contributed by atoms with Crippen LogP contribution in [0, 0.1) is 17.6 Å². The van der Waals surface area contributed by atoms with E-state index in [1.54, 1.807) is 56.4 Å². The van der Waals surface area contributed by atoms with Crippen LogP contribution in [-0.2, 0) is 17.8 Å². The average Bonchev–Trinajstić information content (AvgIpc) is 2.76. The molecule has 0 radical (unpaired) electrons. The molecule has 166 valence electrons. The van der Waals surface area contributed by atoms with Gasteiger partial charge in [-0.3, -0.25) is 9.78 Å². The fraction of sp³-hybridized carbons (Fsp3) is 0.208. The molecule has 0 saturated carbocycles. The Morgan fingerprint density at radius 3 is 2.47 bits per heavy atom. The minimum Gasteiger partial charge on any atom is -0.352 e. The summed E-state index contributed by atoms with van der Waals surface area (Å²) in [6, 6.07) is 11.9. The molecule has 0 aliphatic carbocycles. The summed E-state index contributed by atoms with van der Waals surface area (Å²) in [5, 5.41) is 5.07. The first-order chi connectivity index (χ1) is 15.3. The highest BCUT2D eigenvalue weighted by Gasteiger charge is 2.20. The Kier molecular flexibility index (Phi) is 7.14. The van der Waals surface area contributed by atoms with Crippen LogP contribution >= 0.6 is 0 Å². The lowest BCUT2D eigenvalue weighted by molar-refractivity contribution is -0.118. The third-order valence-electron chi connectivity index (χ3n) is 4.96. The van der Waals surface area contributed by atoms with Gasteiger partial charge in [0.15, 0.2) is 5.82 Å². The van der Waals surface area contributed by atoms with E-state index in [9.17, 15) is 14.0 Å². The molecule has 32 heavy (non-hydrogen) atoms. The zero-order chi connectivity index (χ0) is 23.3. The molecule has 3 aromatic rings. The van der Waals surface area contributed by atoms with Crippen molar-refractivity contribution in [2.75, 3.05) is 5.32 Å². The second kappa shape index (κ2) is 10.00. The SMILES string of the molecule is CC(C)C(=O)Nc1ccc(-c2cccnc2CNC(N)=O)c(Cc2ccccc2F)c1F. The summed E-state index contributed by atoms with van der Waals surface area (Å²) in [5.41, 5.74) is 7.20. The van der Waals surface area contributed by atoms with Crippen molar-refractivity contribution in [1.29, 1.82) is 0 Å². The average molecular weight is 438 g/mol. The molecule has 8 heteroatoms. The van der Waals surface area contributed by atoms with Gasteiger partial charge in [0.05, 0.1) is 17.9 Å². The van der Waals surface area contributed by atoms with E-state index in [0.29, 0.717) is 22.4 Å². The number of aromatic nitrogens is 1. The van der Waals surface area contributed by atoms with Gasteiger partial charge >= 0.3 is 6.03 Å². The molecule has 3 rings (SSSR count). The van der Waals surface area contributed by atoms with Crippen molar-refractivity contribution in [3.8, 4) is 11.1 Å². The van der Waals surface area contributed by atoms with Crippen LogP contribution < -0.4 is 16.4 Å². The van der Waals surface area contributed by atoms with E-state index >= 15 is 4.39 Å². The molecular formula is C24H24F2N4O2. The van der Waals surface area contributed by atoms with Crippen molar-refractivity contribution in [3.05, 3.63) is 83.2 Å². The number of amides is 3. The molecule has 6 nitrogen and oxygen atoms in total. The molecule has 0 fully saturated rings. The number of pyridine rings is 1. The first kappa shape index (κ1) is 22.9. The predicted octanol–water partition coefficient (Wildman–Crippen LogP) is 4.38. The summed E-state index contributed by atoms with van der Waals surface area (Å²) in [6.45, 7) is 3.45. The molecule has 1 aromatic heterocycles. The molecule has 0 atom stereocenters. The van der Waals surface area contributed by atoms with E-state index in [-0.39, 0.29) is 36.0 Å². The Hall–Kier alpha value is -3.81. The maximum atomic E-state index is 15.7. The van der Waals surface area contributed by atoms with Crippen molar-refractivity contribution < 1.29 is 18.4 Å². The Morgan fingerprint density at radius 2 is 1.78 bits per heavy atom. The van der Waals surface area contributed by atoms with E-state index in [1.165, 1.54) is 12.1 Å². The highest BCUT2D eigenvalue weighted by atomic mass is 19.1. The number of hydrogen-bond acceptors (Lipinski definition) is 3. The van der Waals surface area contributed by atoms with Gasteiger partial charge in [0.1, 0.15) is 5.82 Å². The predicted molar refractivity (Wildman–Crippen MR) is 119 cm³/mol. The third-order valence-corrected chi connectivity index (χ3v) is 4.96. The van der Waals surface area contributed by atoms with Gasteiger partial charge in [0, 0.05) is 29.7 Å². The number of carbonyl (C=O) groups is 2. The number of nitrogens with zero attached hydrogens (tertiary/aromatic N) is 1. The lowest BCUT2D eigenvalue weighted by atomic mass is 9.92. The molecule has 0 saturated heterocycles. The zero-order valence-corrected chi connectivity index (χ0v) is 17.8. The number of benzene rings is 2. The van der Waals surface area contributed by atoms with Crippen molar-refractivity contribution >= 4 is 17.6 Å². The fourth-order valence-corrected chi connectivity index (χ4v) is 3.25. The number of carbonyl (C=O) groups excluding carboxylic acids is 2. The highest BCUT2D eigenvalue weighted by Crippen LogP contribution is 2.33. The van der Waals surface area contributed by atoms with E-state index in [0.717, 1.165) is 0 Å². The van der Waals surface area contributed by atoms with E-state index < -0.39 is 17.7 Å². The normalized spacial score (nSPS) is 10.8. The Balaban J connectivity index is 2.14. The first-order valence-electron chi connectivity index (χ1n) is 10.1. The lowest BCUT2D eigenvalue weighted by Gasteiger charge is -2.18. The van der Waals surface area contributed by atoms with E-state index in [2.05, 4.69) is 15.6 Å². The number of urea groups is 1. The van der Waals surface area contributed by atoms with Crippen molar-refractivity contribution in [1.82, 2.24) is 10.3 Å². The number of nitrogens with one attached hydrogen (secondary N) is 2. The first-order valence-corrected chi connectivity index (χ1v) is 10.1. The zero-order valence-electron chi connectivity index (χ0n) is 17.8. The standard InChI is InChI=1S/C24H24F2N4O2/c1-14(2)23(31)30-20-10-9-16(17-7-5-11-28-21(17)13-29-24(27)32)18(22(20)26)12-15-6-3-4-8-19(15)25/h3-11,14H,12-13H2,1-2H3,(H,30,31)(H3,27,29,32). The third kappa shape index (κ3) is 5.26. The van der Waals surface area contributed by atoms with Crippen LogP contribution in [0.25, 0.3) is 11.1 Å². The van der Waals surface area contributed by atoms with Gasteiger partial charge < -0.3 is 16.4 Å². The fourth-order valence-electron chi connectivity index (χ4n) is 3.25. The number of anilines is 1. The molecule has 4 N–H and O–H groups in total. The Labute approximate surface area is 184 Å². The number of primary amides is 1. The molecular weight excluding hydrogens is 414 g/mol. The summed E-state index contributed by atoms with van der Waals surface area (Å²) in [5.74, 6) is -1.79. The summed E-state index contributed by atoms with van der Waals surface area (Å²) in [6.07, 6.45) is 1.50. The summed E-state index contributed by atoms with van der Waals surface area (Å²) >= 11 is 0. The molecule has 0 spiro atoms. The molecule has 1 heterocycles. The monoisotopic (exact) mass is 438 g/mol. The Bertz CT molecular complexity index is 1150. The van der Waals surface area contributed by atoms with Gasteiger partial charge in [0.25, 0.3) is 0 Å². The van der Waals surface area contributed by atoms with Gasteiger partial charge in [-0.15, -0.1) is 0 Å². The molecule has 0 unspecified atom stereocenters. The van der Waals surface area contributed by atoms with Crippen LogP contribution in [0.4, 0.5) is 19.3 Å². The molecule has 2 aromatic carbocycles. The van der Waals surface area contributed by atoms with Gasteiger partial charge in [-0.05, 0) is 29.3 Å². The van der Waals surface area contributed by atoms with Crippen LogP contribution in [0.1, 0.15) is 30.7 Å². The summed E-state index contributed by atoms with van der Waals surface area (Å²) < 4.78 is 30.0. The molecule has 0 bridgehead atoms. The maximum Gasteiger partial charge on any atom is 0.312 e. The van der Waals surface area contributed by atoms with Crippen LogP contribution in [0.15, 0.2) is 54.7 Å². The van der Waals surface area contributed by atoms with Gasteiger partial charge in [-0.25, -0.2) is 13.6 Å². The van der Waals surface area contributed by atoms with Gasteiger partial charge in [-0.2, -0.15) is 0 Å². The summed E-state index contributed by atoms with van der Waals surface area (Å²) in [7, 11) is 0. The molecule has 0 aliphatic heterocycles. The quantitative estimate of drug-likeness (QED) is 0.511. The van der Waals surface area contributed by atoms with Gasteiger partial charge in [-0.1, -0.05) is 44.2 Å². The number of halogens is 2. The minimum atomic E-state index is -0.717. The second-order valence-corrected chi connectivity index (χ2v) is 7.58. The van der Waals surface area contributed by atoms with Crippen LogP contribution in [0.5, 0.6) is 0 Å². The molecule has 0 aliphatic rings. The minimum absolute atomic E-state index is 0.0134. The smallest absolute Gasteiger partial charge is 0.312 e. The number of rotatable bonds is 7. The largest absolute Gasteiger partial charge is 0.352 e. The second-order valence-electron chi connectivity index (χ2n) is 7.58. The molecule has 3 amide bonds. The van der Waals surface area contributed by atoms with Crippen molar-refractivity contribution in [3.63, 3.8) is 0 Å². The van der Waals surface area contributed by atoms with Crippen LogP contribution in [-0.4, -0.2) is 16.9 Å². The van der Waals surface area contributed by atoms with Crippen molar-refractivity contribution in [2.24, 2.45) is 11.7 Å². The highest BCUT2D eigenvalue weighted by molar-refractivity contribution is 5.93. The number of hydrogen-bond donors (Lipinski definition) is 3. The maximum absolute atomic E-state index is 15.7. The van der Waals surface area contributed by atoms with E-state index in [4.69, 9.17) is 5.73 Å². The number of nitrogens with two attached hydrogens (primary N) is 1.